The number of Topliss-reactive ketones (excluding diaryl/α,β-unsaturated/α-hetero) is 2. The van der Waals surface area contributed by atoms with E-state index in [2.05, 4.69) is 6.58 Å². The van der Waals surface area contributed by atoms with Crippen LogP contribution in [0, 0.1) is 0 Å². The molecule has 0 bridgehead atoms. The van der Waals surface area contributed by atoms with Crippen LogP contribution in [0.2, 0.25) is 0 Å². The average molecular weight is 156 g/mol. The smallest absolute Gasteiger partial charge is 0.380 e. The summed E-state index contributed by atoms with van der Waals surface area (Å²) in [6.07, 6.45) is 1.71. The number of carbonyl (C=O) groups is 3. The fraction of sp³-hybridized carbons (Fsp3) is 0.286. The molecule has 0 aromatic heterocycles. The van der Waals surface area contributed by atoms with E-state index in [-0.39, 0.29) is 6.42 Å². The zero-order chi connectivity index (χ0) is 8.85. The van der Waals surface area contributed by atoms with Gasteiger partial charge in [-0.05, 0) is 6.42 Å². The van der Waals surface area contributed by atoms with Crippen LogP contribution in [0.3, 0.4) is 0 Å². The molecule has 0 fully saturated rings. The maximum absolute atomic E-state index is 10.6. The molecule has 0 radical (unpaired) electrons. The lowest BCUT2D eigenvalue weighted by atomic mass is 10.1. The van der Waals surface area contributed by atoms with Crippen LogP contribution < -0.4 is 0 Å². The van der Waals surface area contributed by atoms with Crippen molar-refractivity contribution in [3.8, 4) is 0 Å². The molecular formula is C7H8O4. The van der Waals surface area contributed by atoms with E-state index >= 15 is 0 Å². The summed E-state index contributed by atoms with van der Waals surface area (Å²) in [7, 11) is 0. The molecule has 0 spiro atoms. The Hall–Kier alpha value is -1.45. The van der Waals surface area contributed by atoms with Crippen LogP contribution in [0.1, 0.15) is 12.8 Å². The number of hydrogen-bond donors (Lipinski definition) is 1. The fourth-order valence-electron chi connectivity index (χ4n) is 0.466. The third-order valence-corrected chi connectivity index (χ3v) is 1.02. The van der Waals surface area contributed by atoms with Crippen molar-refractivity contribution in [2.75, 3.05) is 0 Å². The van der Waals surface area contributed by atoms with Crippen LogP contribution in [0.5, 0.6) is 0 Å². The zero-order valence-electron chi connectivity index (χ0n) is 5.87. The van der Waals surface area contributed by atoms with Gasteiger partial charge in [0.25, 0.3) is 0 Å². The van der Waals surface area contributed by atoms with Crippen LogP contribution in [0.25, 0.3) is 0 Å². The number of hydrogen-bond acceptors (Lipinski definition) is 3. The van der Waals surface area contributed by atoms with Crippen molar-refractivity contribution in [2.24, 2.45) is 0 Å². The van der Waals surface area contributed by atoms with Crippen molar-refractivity contribution in [3.63, 3.8) is 0 Å². The summed E-state index contributed by atoms with van der Waals surface area (Å²) >= 11 is 0. The van der Waals surface area contributed by atoms with Gasteiger partial charge in [-0.3, -0.25) is 9.59 Å². The Bertz CT molecular complexity index is 204. The predicted molar refractivity (Wildman–Crippen MR) is 37.1 cm³/mol. The van der Waals surface area contributed by atoms with Crippen molar-refractivity contribution in [3.05, 3.63) is 12.7 Å². The molecule has 60 valence electrons. The highest BCUT2D eigenvalue weighted by molar-refractivity contribution is 6.61. The third kappa shape index (κ3) is 3.30. The first-order chi connectivity index (χ1) is 5.09. The first-order valence-corrected chi connectivity index (χ1v) is 3.01. The maximum Gasteiger partial charge on any atom is 0.380 e. The topological polar surface area (TPSA) is 71.4 Å². The molecule has 1 N–H and O–H groups in total. The van der Waals surface area contributed by atoms with Crippen molar-refractivity contribution in [2.45, 2.75) is 12.8 Å². The highest BCUT2D eigenvalue weighted by Gasteiger charge is 2.19. The molecule has 0 heterocycles. The van der Waals surface area contributed by atoms with Crippen molar-refractivity contribution < 1.29 is 19.5 Å². The summed E-state index contributed by atoms with van der Waals surface area (Å²) in [5, 5.41) is 8.06. The Morgan fingerprint density at radius 1 is 1.36 bits per heavy atom. The first kappa shape index (κ1) is 9.55. The molecule has 0 unspecified atom stereocenters. The Morgan fingerprint density at radius 2 is 1.91 bits per heavy atom. The lowest BCUT2D eigenvalue weighted by molar-refractivity contribution is -0.152. The number of carbonyl (C=O) groups excluding carboxylic acids is 2. The van der Waals surface area contributed by atoms with Gasteiger partial charge in [0.1, 0.15) is 0 Å². The van der Waals surface area contributed by atoms with E-state index in [0.29, 0.717) is 6.42 Å². The van der Waals surface area contributed by atoms with Gasteiger partial charge in [0.15, 0.2) is 0 Å². The number of ketones is 2. The number of allylic oxidation sites excluding steroid dienone is 1. The SMILES string of the molecule is C=CCCC(=O)C(=O)C(=O)O. The minimum atomic E-state index is -1.70. The van der Waals surface area contributed by atoms with E-state index in [4.69, 9.17) is 5.11 Å². The van der Waals surface area contributed by atoms with E-state index in [1.54, 1.807) is 0 Å². The normalized spacial score (nSPS) is 8.73. The van der Waals surface area contributed by atoms with Crippen LogP contribution >= 0.6 is 0 Å². The largest absolute Gasteiger partial charge is 0.475 e. The summed E-state index contributed by atoms with van der Waals surface area (Å²) in [5.74, 6) is -3.93. The Kier molecular flexibility index (Phi) is 3.80. The van der Waals surface area contributed by atoms with Gasteiger partial charge in [0.2, 0.25) is 5.78 Å². The summed E-state index contributed by atoms with van der Waals surface area (Å²) in [5.41, 5.74) is 0. The van der Waals surface area contributed by atoms with Gasteiger partial charge in [-0.25, -0.2) is 4.79 Å². The van der Waals surface area contributed by atoms with Gasteiger partial charge >= 0.3 is 11.8 Å². The second kappa shape index (κ2) is 4.38. The summed E-state index contributed by atoms with van der Waals surface area (Å²) < 4.78 is 0. The van der Waals surface area contributed by atoms with Crippen molar-refractivity contribution >= 4 is 17.5 Å². The monoisotopic (exact) mass is 156 g/mol. The van der Waals surface area contributed by atoms with Crippen molar-refractivity contribution in [1.82, 2.24) is 0 Å². The minimum Gasteiger partial charge on any atom is -0.475 e. The number of aliphatic carboxylic acids is 1. The molecular weight excluding hydrogens is 148 g/mol. The van der Waals surface area contributed by atoms with Gasteiger partial charge in [-0.1, -0.05) is 6.08 Å². The summed E-state index contributed by atoms with van der Waals surface area (Å²) in [6, 6.07) is 0. The first-order valence-electron chi connectivity index (χ1n) is 3.01. The third-order valence-electron chi connectivity index (χ3n) is 1.02. The predicted octanol–water partition coefficient (Wildman–Crippen LogP) is 0.175. The quantitative estimate of drug-likeness (QED) is 0.350. The molecule has 0 aliphatic carbocycles. The van der Waals surface area contributed by atoms with E-state index in [0.717, 1.165) is 0 Å². The van der Waals surface area contributed by atoms with E-state index < -0.39 is 17.5 Å². The molecule has 0 amide bonds. The highest BCUT2D eigenvalue weighted by Crippen LogP contribution is 1.92. The molecule has 4 heteroatoms. The number of carboxylic acids is 1. The zero-order valence-corrected chi connectivity index (χ0v) is 5.87. The molecule has 4 nitrogen and oxygen atoms in total. The number of carboxylic acid groups (broad SMARTS) is 1. The van der Waals surface area contributed by atoms with Crippen LogP contribution in [0.4, 0.5) is 0 Å². The second-order valence-electron chi connectivity index (χ2n) is 1.88. The highest BCUT2D eigenvalue weighted by atomic mass is 16.4. The standard InChI is InChI=1S/C7H8O4/c1-2-3-4-5(8)6(9)7(10)11/h2H,1,3-4H2,(H,10,11). The molecule has 0 aromatic rings. The molecule has 0 saturated carbocycles. The van der Waals surface area contributed by atoms with Crippen LogP contribution in [0.15, 0.2) is 12.7 Å². The molecule has 0 rings (SSSR count). The van der Waals surface area contributed by atoms with Gasteiger partial charge in [0.05, 0.1) is 0 Å². The molecule has 0 atom stereocenters. The summed E-state index contributed by atoms with van der Waals surface area (Å²) in [4.78, 5) is 30.8. The van der Waals surface area contributed by atoms with Gasteiger partial charge < -0.3 is 5.11 Å². The van der Waals surface area contributed by atoms with Crippen molar-refractivity contribution in [1.29, 1.82) is 0 Å². The molecule has 0 aliphatic heterocycles. The van der Waals surface area contributed by atoms with Crippen LogP contribution in [-0.2, 0) is 14.4 Å². The maximum atomic E-state index is 10.6. The summed E-state index contributed by atoms with van der Waals surface area (Å²) in [6.45, 7) is 3.33. The minimum absolute atomic E-state index is 0.0748. The van der Waals surface area contributed by atoms with Gasteiger partial charge in [-0.15, -0.1) is 6.58 Å². The number of rotatable bonds is 5. The Labute approximate surface area is 63.5 Å². The molecule has 0 aromatic carbocycles. The van der Waals surface area contributed by atoms with E-state index in [9.17, 15) is 14.4 Å². The van der Waals surface area contributed by atoms with Crippen LogP contribution in [-0.4, -0.2) is 22.6 Å². The van der Waals surface area contributed by atoms with Gasteiger partial charge in [-0.2, -0.15) is 0 Å². The average Bonchev–Trinajstić information content (AvgIpc) is 1.98. The van der Waals surface area contributed by atoms with Gasteiger partial charge in [0, 0.05) is 6.42 Å². The lowest BCUT2D eigenvalue weighted by Gasteiger charge is -1.90. The molecule has 0 saturated heterocycles. The van der Waals surface area contributed by atoms with E-state index in [1.165, 1.54) is 6.08 Å². The lowest BCUT2D eigenvalue weighted by Crippen LogP contribution is -2.22. The Balaban J connectivity index is 3.94. The fourth-order valence-corrected chi connectivity index (χ4v) is 0.466. The molecule has 0 aliphatic rings. The van der Waals surface area contributed by atoms with E-state index in [1.807, 2.05) is 0 Å². The second-order valence-corrected chi connectivity index (χ2v) is 1.88. The Morgan fingerprint density at radius 3 is 2.27 bits per heavy atom. The molecule has 11 heavy (non-hydrogen) atoms.